The van der Waals surface area contributed by atoms with E-state index in [-0.39, 0.29) is 12.0 Å². The van der Waals surface area contributed by atoms with E-state index in [1.165, 1.54) is 12.1 Å². The number of rotatable bonds is 3. The SMILES string of the molecule is FC(F)(F)c1ccccc1[C@H](C1CCOCC1)N1CCNCC1. The van der Waals surface area contributed by atoms with Crippen molar-refractivity contribution in [3.8, 4) is 0 Å². The summed E-state index contributed by atoms with van der Waals surface area (Å²) in [7, 11) is 0. The third-order valence-electron chi connectivity index (χ3n) is 4.84. The van der Waals surface area contributed by atoms with Crippen LogP contribution in [0.1, 0.15) is 30.0 Å². The van der Waals surface area contributed by atoms with Gasteiger partial charge < -0.3 is 10.1 Å². The Morgan fingerprint density at radius 2 is 1.74 bits per heavy atom. The summed E-state index contributed by atoms with van der Waals surface area (Å²) in [5, 5.41) is 3.28. The topological polar surface area (TPSA) is 24.5 Å². The maximum atomic E-state index is 13.5. The second-order valence-corrected chi connectivity index (χ2v) is 6.27. The number of ether oxygens (including phenoxy) is 1. The van der Waals surface area contributed by atoms with E-state index >= 15 is 0 Å². The summed E-state index contributed by atoms with van der Waals surface area (Å²) >= 11 is 0. The minimum Gasteiger partial charge on any atom is -0.381 e. The number of hydrogen-bond acceptors (Lipinski definition) is 3. The summed E-state index contributed by atoms with van der Waals surface area (Å²) in [6, 6.07) is 5.89. The van der Waals surface area contributed by atoms with E-state index in [9.17, 15) is 13.2 Å². The Bertz CT molecular complexity index is 491. The zero-order valence-corrected chi connectivity index (χ0v) is 13.1. The van der Waals surface area contributed by atoms with Crippen molar-refractivity contribution in [2.75, 3.05) is 39.4 Å². The number of nitrogens with one attached hydrogen (secondary N) is 1. The van der Waals surface area contributed by atoms with Crippen LogP contribution in [0.2, 0.25) is 0 Å². The van der Waals surface area contributed by atoms with E-state index in [0.717, 1.165) is 39.0 Å². The highest BCUT2D eigenvalue weighted by atomic mass is 19.4. The van der Waals surface area contributed by atoms with Crippen molar-refractivity contribution in [1.29, 1.82) is 0 Å². The van der Waals surface area contributed by atoms with Gasteiger partial charge in [0.2, 0.25) is 0 Å². The maximum Gasteiger partial charge on any atom is 0.416 e. The Morgan fingerprint density at radius 3 is 2.39 bits per heavy atom. The van der Waals surface area contributed by atoms with Crippen molar-refractivity contribution < 1.29 is 17.9 Å². The summed E-state index contributed by atoms with van der Waals surface area (Å²) in [5.41, 5.74) is -0.0659. The molecule has 3 nitrogen and oxygen atoms in total. The normalized spacial score (nSPS) is 22.9. The van der Waals surface area contributed by atoms with Crippen LogP contribution >= 0.6 is 0 Å². The van der Waals surface area contributed by atoms with Crippen LogP contribution < -0.4 is 5.32 Å². The zero-order chi connectivity index (χ0) is 16.3. The van der Waals surface area contributed by atoms with Gasteiger partial charge in [-0.05, 0) is 30.4 Å². The zero-order valence-electron chi connectivity index (χ0n) is 13.1. The highest BCUT2D eigenvalue weighted by Gasteiger charge is 2.39. The van der Waals surface area contributed by atoms with Crippen LogP contribution in [-0.4, -0.2) is 44.3 Å². The molecule has 128 valence electrons. The number of halogens is 3. The number of nitrogens with zero attached hydrogens (tertiary/aromatic N) is 1. The van der Waals surface area contributed by atoms with E-state index in [4.69, 9.17) is 4.74 Å². The van der Waals surface area contributed by atoms with Crippen LogP contribution in [0.4, 0.5) is 13.2 Å². The second kappa shape index (κ2) is 7.20. The van der Waals surface area contributed by atoms with Crippen molar-refractivity contribution in [1.82, 2.24) is 10.2 Å². The lowest BCUT2D eigenvalue weighted by molar-refractivity contribution is -0.139. The van der Waals surface area contributed by atoms with Crippen LogP contribution in [0.3, 0.4) is 0 Å². The average Bonchev–Trinajstić information content (AvgIpc) is 2.57. The summed E-state index contributed by atoms with van der Waals surface area (Å²) in [6.07, 6.45) is -2.67. The number of hydrogen-bond donors (Lipinski definition) is 1. The van der Waals surface area contributed by atoms with Crippen molar-refractivity contribution >= 4 is 0 Å². The van der Waals surface area contributed by atoms with Crippen LogP contribution in [0.25, 0.3) is 0 Å². The Morgan fingerprint density at radius 1 is 1.09 bits per heavy atom. The summed E-state index contributed by atoms with van der Waals surface area (Å²) in [6.45, 7) is 4.51. The van der Waals surface area contributed by atoms with Crippen molar-refractivity contribution in [2.45, 2.75) is 25.1 Å². The monoisotopic (exact) mass is 328 g/mol. The molecule has 23 heavy (non-hydrogen) atoms. The fourth-order valence-electron chi connectivity index (χ4n) is 3.75. The fourth-order valence-corrected chi connectivity index (χ4v) is 3.75. The van der Waals surface area contributed by atoms with E-state index < -0.39 is 11.7 Å². The molecule has 0 aromatic heterocycles. The Hall–Kier alpha value is -1.11. The molecular formula is C17H23F3N2O. The predicted molar refractivity (Wildman–Crippen MR) is 82.2 cm³/mol. The smallest absolute Gasteiger partial charge is 0.381 e. The second-order valence-electron chi connectivity index (χ2n) is 6.27. The molecular weight excluding hydrogens is 305 g/mol. The number of piperazine rings is 1. The molecule has 0 aliphatic carbocycles. The van der Waals surface area contributed by atoms with Gasteiger partial charge in [-0.1, -0.05) is 18.2 Å². The predicted octanol–water partition coefficient (Wildman–Crippen LogP) is 3.08. The molecule has 3 rings (SSSR count). The maximum absolute atomic E-state index is 13.5. The van der Waals surface area contributed by atoms with Gasteiger partial charge in [0.1, 0.15) is 0 Å². The van der Waals surface area contributed by atoms with E-state index in [1.54, 1.807) is 12.1 Å². The molecule has 0 unspecified atom stereocenters. The molecule has 2 fully saturated rings. The molecule has 2 aliphatic rings. The third kappa shape index (κ3) is 3.87. The van der Waals surface area contributed by atoms with Gasteiger partial charge in [0.05, 0.1) is 5.56 Å². The van der Waals surface area contributed by atoms with Crippen molar-refractivity contribution in [2.24, 2.45) is 5.92 Å². The molecule has 0 bridgehead atoms. The number of benzene rings is 1. The Balaban J connectivity index is 1.97. The molecule has 1 atom stereocenters. The lowest BCUT2D eigenvalue weighted by Crippen LogP contribution is -2.48. The molecule has 0 saturated carbocycles. The highest BCUT2D eigenvalue weighted by Crippen LogP contribution is 2.41. The number of alkyl halides is 3. The Kier molecular flexibility index (Phi) is 5.24. The largest absolute Gasteiger partial charge is 0.416 e. The molecule has 1 aromatic carbocycles. The van der Waals surface area contributed by atoms with Crippen LogP contribution in [0.5, 0.6) is 0 Å². The lowest BCUT2D eigenvalue weighted by atomic mass is 9.83. The summed E-state index contributed by atoms with van der Waals surface area (Å²) < 4.78 is 45.9. The molecule has 2 aliphatic heterocycles. The molecule has 2 heterocycles. The third-order valence-corrected chi connectivity index (χ3v) is 4.84. The molecule has 0 spiro atoms. The van der Waals surface area contributed by atoms with Gasteiger partial charge >= 0.3 is 6.18 Å². The quantitative estimate of drug-likeness (QED) is 0.923. The fraction of sp³-hybridized carbons (Fsp3) is 0.647. The summed E-state index contributed by atoms with van der Waals surface area (Å²) in [4.78, 5) is 2.22. The van der Waals surface area contributed by atoms with Crippen LogP contribution in [0, 0.1) is 5.92 Å². The van der Waals surface area contributed by atoms with E-state index in [0.29, 0.717) is 18.8 Å². The summed E-state index contributed by atoms with van der Waals surface area (Å²) in [5.74, 6) is 0.213. The first kappa shape index (κ1) is 16.7. The first-order valence-electron chi connectivity index (χ1n) is 8.26. The van der Waals surface area contributed by atoms with Gasteiger partial charge in [0, 0.05) is 45.4 Å². The van der Waals surface area contributed by atoms with Crippen molar-refractivity contribution in [3.63, 3.8) is 0 Å². The Labute approximate surface area is 134 Å². The molecule has 2 saturated heterocycles. The first-order valence-corrected chi connectivity index (χ1v) is 8.26. The first-order chi connectivity index (χ1) is 11.1. The van der Waals surface area contributed by atoms with Crippen LogP contribution in [0.15, 0.2) is 24.3 Å². The van der Waals surface area contributed by atoms with Crippen molar-refractivity contribution in [3.05, 3.63) is 35.4 Å². The molecule has 1 aromatic rings. The van der Waals surface area contributed by atoms with Gasteiger partial charge in [-0.15, -0.1) is 0 Å². The van der Waals surface area contributed by atoms with Gasteiger partial charge in [-0.25, -0.2) is 0 Å². The van der Waals surface area contributed by atoms with Gasteiger partial charge in [0.25, 0.3) is 0 Å². The van der Waals surface area contributed by atoms with Gasteiger partial charge in [-0.2, -0.15) is 13.2 Å². The van der Waals surface area contributed by atoms with Crippen LogP contribution in [-0.2, 0) is 10.9 Å². The minimum atomic E-state index is -4.31. The van der Waals surface area contributed by atoms with Gasteiger partial charge in [0.15, 0.2) is 0 Å². The molecule has 0 radical (unpaired) electrons. The van der Waals surface area contributed by atoms with E-state index in [2.05, 4.69) is 10.2 Å². The standard InChI is InChI=1S/C17H23F3N2O/c18-17(19,20)15-4-2-1-3-14(15)16(13-5-11-23-12-6-13)22-9-7-21-8-10-22/h1-4,13,16,21H,5-12H2/t16-/m0/s1. The average molecular weight is 328 g/mol. The highest BCUT2D eigenvalue weighted by molar-refractivity contribution is 5.33. The van der Waals surface area contributed by atoms with Gasteiger partial charge in [-0.3, -0.25) is 4.90 Å². The lowest BCUT2D eigenvalue weighted by Gasteiger charge is -2.42. The minimum absolute atomic E-state index is 0.182. The molecule has 6 heteroatoms. The van der Waals surface area contributed by atoms with E-state index in [1.807, 2.05) is 0 Å². The molecule has 1 N–H and O–H groups in total. The molecule has 0 amide bonds.